The molecule has 0 bridgehead atoms. The summed E-state index contributed by atoms with van der Waals surface area (Å²) in [6.45, 7) is 0. The van der Waals surface area contributed by atoms with Gasteiger partial charge in [0, 0.05) is 22.4 Å². The van der Waals surface area contributed by atoms with Gasteiger partial charge in [0.1, 0.15) is 5.82 Å². The Labute approximate surface area is 136 Å². The Balaban J connectivity index is 2.20. The number of nitrogen functional groups attached to an aromatic ring is 1. The first-order valence-corrected chi connectivity index (χ1v) is 7.67. The molecule has 5 rings (SSSR count). The van der Waals surface area contributed by atoms with E-state index < -0.39 is 0 Å². The molecule has 4 heteroatoms. The molecular weight excluding hydrogens is 301 g/mol. The molecule has 3 nitrogen and oxygen atoms in total. The summed E-state index contributed by atoms with van der Waals surface area (Å²) in [5, 5.41) is 7.00. The van der Waals surface area contributed by atoms with Gasteiger partial charge in [-0.2, -0.15) is 0 Å². The highest BCUT2D eigenvalue weighted by atomic mass is 19.1. The third-order valence-corrected chi connectivity index (χ3v) is 4.53. The molecule has 0 aliphatic carbocycles. The van der Waals surface area contributed by atoms with Crippen molar-refractivity contribution in [2.45, 2.75) is 0 Å². The van der Waals surface area contributed by atoms with Crippen molar-refractivity contribution < 1.29 is 4.39 Å². The lowest BCUT2D eigenvalue weighted by atomic mass is 9.94. The molecule has 0 amide bonds. The number of hydrogen-bond donors (Lipinski definition) is 1. The predicted octanol–water partition coefficient (Wildman–Crippen LogP) is 4.81. The number of rotatable bonds is 0. The Hall–Kier alpha value is -3.27. The minimum atomic E-state index is -0.291. The van der Waals surface area contributed by atoms with Crippen molar-refractivity contribution in [3.63, 3.8) is 0 Å². The Bertz CT molecular complexity index is 1280. The second-order valence-corrected chi connectivity index (χ2v) is 5.89. The second-order valence-electron chi connectivity index (χ2n) is 5.89. The van der Waals surface area contributed by atoms with Crippen LogP contribution in [0, 0.1) is 5.82 Å². The molecule has 0 saturated heterocycles. The molecule has 5 aromatic rings. The van der Waals surface area contributed by atoms with Gasteiger partial charge in [-0.1, -0.05) is 42.5 Å². The number of nitrogens with two attached hydrogens (primary N) is 1. The summed E-state index contributed by atoms with van der Waals surface area (Å²) in [7, 11) is 0. The Kier molecular flexibility index (Phi) is 2.54. The van der Waals surface area contributed by atoms with Gasteiger partial charge < -0.3 is 5.73 Å². The monoisotopic (exact) mass is 313 g/mol. The van der Waals surface area contributed by atoms with Crippen LogP contribution in [0.2, 0.25) is 0 Å². The van der Waals surface area contributed by atoms with Gasteiger partial charge >= 0.3 is 0 Å². The third-order valence-electron chi connectivity index (χ3n) is 4.53. The van der Waals surface area contributed by atoms with Crippen LogP contribution in [0.25, 0.3) is 43.2 Å². The molecule has 114 valence electrons. The maximum atomic E-state index is 13.8. The van der Waals surface area contributed by atoms with E-state index in [1.807, 2.05) is 12.1 Å². The molecule has 1 heterocycles. The van der Waals surface area contributed by atoms with Gasteiger partial charge in [-0.3, -0.25) is 0 Å². The summed E-state index contributed by atoms with van der Waals surface area (Å²) in [6.07, 6.45) is 1.73. The summed E-state index contributed by atoms with van der Waals surface area (Å²) < 4.78 is 13.8. The van der Waals surface area contributed by atoms with Gasteiger partial charge in [0.05, 0.1) is 5.52 Å². The minimum Gasteiger partial charge on any atom is -0.368 e. The first-order valence-electron chi connectivity index (χ1n) is 7.67. The summed E-state index contributed by atoms with van der Waals surface area (Å²) in [6, 6.07) is 17.2. The van der Waals surface area contributed by atoms with E-state index in [1.165, 1.54) is 12.1 Å². The van der Waals surface area contributed by atoms with Crippen LogP contribution in [0.5, 0.6) is 0 Å². The standard InChI is InChI=1S/C20H12FN3/c21-12-6-8-14-15-7-5-11-3-1-2-4-13(11)18(15)17-10-23-20(22)24-19(17)16(14)9-12/h1-10H,(H2,22,23,24). The fraction of sp³-hybridized carbons (Fsp3) is 0. The van der Waals surface area contributed by atoms with Crippen molar-refractivity contribution in [3.05, 3.63) is 66.6 Å². The molecule has 4 aromatic carbocycles. The molecule has 2 N–H and O–H groups in total. The van der Waals surface area contributed by atoms with Crippen molar-refractivity contribution in [2.75, 3.05) is 5.73 Å². The van der Waals surface area contributed by atoms with Crippen LogP contribution in [-0.4, -0.2) is 9.97 Å². The average molecular weight is 313 g/mol. The number of benzene rings is 4. The molecule has 0 fully saturated rings. The number of halogens is 1. The van der Waals surface area contributed by atoms with Crippen LogP contribution in [0.1, 0.15) is 0 Å². The highest BCUT2D eigenvalue weighted by Crippen LogP contribution is 2.38. The van der Waals surface area contributed by atoms with Crippen LogP contribution in [0.4, 0.5) is 10.3 Å². The zero-order chi connectivity index (χ0) is 16.3. The van der Waals surface area contributed by atoms with Crippen molar-refractivity contribution in [1.82, 2.24) is 9.97 Å². The zero-order valence-electron chi connectivity index (χ0n) is 12.6. The number of nitrogens with zero attached hydrogens (tertiary/aromatic N) is 2. The maximum Gasteiger partial charge on any atom is 0.220 e. The number of fused-ring (bicyclic) bond motifs is 8. The second kappa shape index (κ2) is 4.61. The van der Waals surface area contributed by atoms with E-state index in [-0.39, 0.29) is 11.8 Å². The average Bonchev–Trinajstić information content (AvgIpc) is 2.61. The summed E-state index contributed by atoms with van der Waals surface area (Å²) in [4.78, 5) is 8.57. The molecule has 1 aromatic heterocycles. The largest absolute Gasteiger partial charge is 0.368 e. The highest BCUT2D eigenvalue weighted by molar-refractivity contribution is 6.30. The van der Waals surface area contributed by atoms with Crippen LogP contribution in [-0.2, 0) is 0 Å². The molecule has 0 radical (unpaired) electrons. The van der Waals surface area contributed by atoms with Crippen LogP contribution in [0.3, 0.4) is 0 Å². The van der Waals surface area contributed by atoms with E-state index in [9.17, 15) is 4.39 Å². The van der Waals surface area contributed by atoms with Crippen molar-refractivity contribution in [2.24, 2.45) is 0 Å². The lowest BCUT2D eigenvalue weighted by Crippen LogP contribution is -1.96. The van der Waals surface area contributed by atoms with E-state index in [1.54, 1.807) is 12.3 Å². The Morgan fingerprint density at radius 2 is 1.62 bits per heavy atom. The molecule has 0 aliphatic heterocycles. The van der Waals surface area contributed by atoms with E-state index in [0.29, 0.717) is 5.52 Å². The Morgan fingerprint density at radius 3 is 2.54 bits per heavy atom. The molecule has 0 aliphatic rings. The summed E-state index contributed by atoms with van der Waals surface area (Å²) in [5.74, 6) is -0.103. The maximum absolute atomic E-state index is 13.8. The third kappa shape index (κ3) is 1.71. The van der Waals surface area contributed by atoms with Gasteiger partial charge in [-0.15, -0.1) is 0 Å². The molecule has 0 spiro atoms. The highest BCUT2D eigenvalue weighted by Gasteiger charge is 2.13. The normalized spacial score (nSPS) is 11.7. The number of hydrogen-bond acceptors (Lipinski definition) is 3. The van der Waals surface area contributed by atoms with Gasteiger partial charge in [0.15, 0.2) is 0 Å². The first kappa shape index (κ1) is 13.2. The topological polar surface area (TPSA) is 51.8 Å². The fourth-order valence-corrected chi connectivity index (χ4v) is 3.52. The molecule has 0 unspecified atom stereocenters. The molecular formula is C20H12FN3. The predicted molar refractivity (Wildman–Crippen MR) is 96.4 cm³/mol. The van der Waals surface area contributed by atoms with Crippen LogP contribution in [0.15, 0.2) is 60.8 Å². The number of anilines is 1. The van der Waals surface area contributed by atoms with Crippen molar-refractivity contribution >= 4 is 49.2 Å². The van der Waals surface area contributed by atoms with Crippen molar-refractivity contribution in [1.29, 1.82) is 0 Å². The van der Waals surface area contributed by atoms with Gasteiger partial charge in [0.2, 0.25) is 5.95 Å². The SMILES string of the molecule is Nc1ncc2c(n1)c1cc(F)ccc1c1ccc3ccccc3c12. The Morgan fingerprint density at radius 1 is 0.792 bits per heavy atom. The van der Waals surface area contributed by atoms with E-state index in [2.05, 4.69) is 34.2 Å². The summed E-state index contributed by atoms with van der Waals surface area (Å²) >= 11 is 0. The molecule has 24 heavy (non-hydrogen) atoms. The van der Waals surface area contributed by atoms with Gasteiger partial charge in [0.25, 0.3) is 0 Å². The lowest BCUT2D eigenvalue weighted by molar-refractivity contribution is 0.630. The van der Waals surface area contributed by atoms with Gasteiger partial charge in [-0.05, 0) is 33.7 Å². The van der Waals surface area contributed by atoms with Crippen LogP contribution < -0.4 is 5.73 Å². The first-order chi connectivity index (χ1) is 11.7. The molecule has 0 atom stereocenters. The minimum absolute atomic E-state index is 0.188. The van der Waals surface area contributed by atoms with E-state index in [0.717, 1.165) is 37.7 Å². The van der Waals surface area contributed by atoms with E-state index in [4.69, 9.17) is 5.73 Å². The smallest absolute Gasteiger partial charge is 0.220 e. The fourth-order valence-electron chi connectivity index (χ4n) is 3.52. The molecule has 0 saturated carbocycles. The van der Waals surface area contributed by atoms with Crippen LogP contribution >= 0.6 is 0 Å². The quantitative estimate of drug-likeness (QED) is 0.417. The van der Waals surface area contributed by atoms with Crippen molar-refractivity contribution in [3.8, 4) is 0 Å². The zero-order valence-corrected chi connectivity index (χ0v) is 12.6. The van der Waals surface area contributed by atoms with Gasteiger partial charge in [-0.25, -0.2) is 14.4 Å². The summed E-state index contributed by atoms with van der Waals surface area (Å²) in [5.41, 5.74) is 6.48. The number of aromatic nitrogens is 2. The van der Waals surface area contributed by atoms with E-state index >= 15 is 0 Å². The lowest BCUT2D eigenvalue weighted by Gasteiger charge is -2.12.